The predicted molar refractivity (Wildman–Crippen MR) is 65.8 cm³/mol. The minimum absolute atomic E-state index is 0.287. The van der Waals surface area contributed by atoms with Gasteiger partial charge in [0.05, 0.1) is 23.6 Å². The van der Waals surface area contributed by atoms with Crippen molar-refractivity contribution >= 4 is 16.9 Å². The molecule has 0 saturated heterocycles. The number of aromatic nitrogens is 1. The van der Waals surface area contributed by atoms with Gasteiger partial charge in [-0.1, -0.05) is 13.0 Å². The van der Waals surface area contributed by atoms with Gasteiger partial charge in [0.25, 0.3) is 0 Å². The minimum atomic E-state index is -0.929. The summed E-state index contributed by atoms with van der Waals surface area (Å²) >= 11 is 0. The molecule has 0 atom stereocenters. The molecule has 0 spiro atoms. The zero-order valence-electron chi connectivity index (χ0n) is 10.2. The average Bonchev–Trinajstić information content (AvgIpc) is 2.66. The first-order valence-electron chi connectivity index (χ1n) is 5.48. The molecule has 1 heterocycles. The second kappa shape index (κ2) is 4.13. The molecule has 0 saturated carbocycles. The Kier molecular flexibility index (Phi) is 2.79. The molecule has 1 aromatic heterocycles. The van der Waals surface area contributed by atoms with Crippen molar-refractivity contribution in [2.75, 3.05) is 7.11 Å². The van der Waals surface area contributed by atoms with E-state index in [0.717, 1.165) is 17.5 Å². The molecule has 0 fully saturated rings. The molecule has 90 valence electrons. The van der Waals surface area contributed by atoms with Crippen LogP contribution >= 0.6 is 0 Å². The number of ether oxygens (including phenoxy) is 1. The van der Waals surface area contributed by atoms with Crippen LogP contribution in [0.2, 0.25) is 0 Å². The van der Waals surface area contributed by atoms with E-state index in [1.54, 1.807) is 17.9 Å². The summed E-state index contributed by atoms with van der Waals surface area (Å²) < 4.78 is 7.18. The molecule has 0 aliphatic rings. The third kappa shape index (κ3) is 1.65. The van der Waals surface area contributed by atoms with Crippen molar-refractivity contribution < 1.29 is 14.6 Å². The van der Waals surface area contributed by atoms with E-state index in [1.165, 1.54) is 0 Å². The summed E-state index contributed by atoms with van der Waals surface area (Å²) in [5.41, 5.74) is 2.18. The highest BCUT2D eigenvalue weighted by atomic mass is 16.5. The Labute approximate surface area is 99.4 Å². The van der Waals surface area contributed by atoms with Gasteiger partial charge in [0.2, 0.25) is 0 Å². The van der Waals surface area contributed by atoms with Crippen LogP contribution in [0.4, 0.5) is 0 Å². The van der Waals surface area contributed by atoms with Crippen LogP contribution in [0.1, 0.15) is 22.8 Å². The van der Waals surface area contributed by atoms with E-state index in [0.29, 0.717) is 11.1 Å². The fraction of sp³-hybridized carbons (Fsp3) is 0.308. The Morgan fingerprint density at radius 1 is 1.47 bits per heavy atom. The number of rotatable bonds is 3. The van der Waals surface area contributed by atoms with E-state index in [-0.39, 0.29) is 5.56 Å². The molecule has 2 aromatic rings. The third-order valence-corrected chi connectivity index (χ3v) is 3.00. The summed E-state index contributed by atoms with van der Waals surface area (Å²) in [4.78, 5) is 11.2. The summed E-state index contributed by atoms with van der Waals surface area (Å²) in [6, 6.07) is 3.91. The molecular formula is C13H15NO3. The van der Waals surface area contributed by atoms with E-state index in [2.05, 4.69) is 0 Å². The van der Waals surface area contributed by atoms with Crippen LogP contribution < -0.4 is 4.74 Å². The Hall–Kier alpha value is -1.97. The normalized spacial score (nSPS) is 10.8. The van der Waals surface area contributed by atoms with E-state index >= 15 is 0 Å². The largest absolute Gasteiger partial charge is 0.496 e. The van der Waals surface area contributed by atoms with Gasteiger partial charge in [-0.05, 0) is 18.1 Å². The zero-order valence-corrected chi connectivity index (χ0v) is 10.2. The Balaban J connectivity index is 2.90. The first kappa shape index (κ1) is 11.5. The molecule has 0 amide bonds. The maximum Gasteiger partial charge on any atom is 0.338 e. The lowest BCUT2D eigenvalue weighted by molar-refractivity contribution is 0.0698. The molecule has 1 N–H and O–H groups in total. The Morgan fingerprint density at radius 2 is 2.18 bits per heavy atom. The van der Waals surface area contributed by atoms with E-state index in [1.807, 2.05) is 26.1 Å². The second-order valence-electron chi connectivity index (χ2n) is 3.96. The lowest BCUT2D eigenvalue weighted by Gasteiger charge is -2.09. The quantitative estimate of drug-likeness (QED) is 0.885. The molecule has 0 unspecified atom stereocenters. The van der Waals surface area contributed by atoms with Crippen molar-refractivity contribution in [2.24, 2.45) is 7.05 Å². The molecule has 0 bridgehead atoms. The van der Waals surface area contributed by atoms with Gasteiger partial charge >= 0.3 is 5.97 Å². The molecule has 4 nitrogen and oxygen atoms in total. The molecular weight excluding hydrogens is 218 g/mol. The number of hydrogen-bond acceptors (Lipinski definition) is 2. The van der Waals surface area contributed by atoms with E-state index < -0.39 is 5.97 Å². The smallest absolute Gasteiger partial charge is 0.338 e. The first-order chi connectivity index (χ1) is 8.10. The summed E-state index contributed by atoms with van der Waals surface area (Å²) in [6.45, 7) is 2.02. The van der Waals surface area contributed by atoms with Crippen LogP contribution in [-0.4, -0.2) is 22.8 Å². The van der Waals surface area contributed by atoms with Crippen molar-refractivity contribution in [1.82, 2.24) is 4.57 Å². The van der Waals surface area contributed by atoms with Gasteiger partial charge in [-0.3, -0.25) is 0 Å². The molecule has 17 heavy (non-hydrogen) atoms. The summed E-state index contributed by atoms with van der Waals surface area (Å²) in [6.07, 6.45) is 2.43. The number of aryl methyl sites for hydroxylation is 2. The number of carboxylic acid groups (broad SMARTS) is 1. The highest BCUT2D eigenvalue weighted by Gasteiger charge is 2.18. The highest BCUT2D eigenvalue weighted by molar-refractivity contribution is 6.06. The van der Waals surface area contributed by atoms with Gasteiger partial charge in [-0.25, -0.2) is 4.79 Å². The fourth-order valence-electron chi connectivity index (χ4n) is 2.17. The zero-order chi connectivity index (χ0) is 12.6. The highest BCUT2D eigenvalue weighted by Crippen LogP contribution is 2.33. The Morgan fingerprint density at radius 3 is 2.71 bits per heavy atom. The number of hydrogen-bond donors (Lipinski definition) is 1. The lowest BCUT2D eigenvalue weighted by atomic mass is 10.1. The maximum absolute atomic E-state index is 11.2. The van der Waals surface area contributed by atoms with Crippen LogP contribution in [0.5, 0.6) is 5.75 Å². The third-order valence-electron chi connectivity index (χ3n) is 3.00. The van der Waals surface area contributed by atoms with E-state index in [9.17, 15) is 9.90 Å². The van der Waals surface area contributed by atoms with Crippen molar-refractivity contribution in [2.45, 2.75) is 13.3 Å². The maximum atomic E-state index is 11.2. The number of carboxylic acids is 1. The Bertz CT molecular complexity index is 584. The van der Waals surface area contributed by atoms with Crippen molar-refractivity contribution in [1.29, 1.82) is 0 Å². The molecule has 0 aliphatic heterocycles. The number of aromatic carboxylic acids is 1. The van der Waals surface area contributed by atoms with Crippen LogP contribution in [0.25, 0.3) is 10.9 Å². The molecule has 0 radical (unpaired) electrons. The SMILES string of the molecule is CCc1ccc2c(c(C(=O)O)cn2C)c1OC. The second-order valence-corrected chi connectivity index (χ2v) is 3.96. The molecule has 1 aromatic carbocycles. The van der Waals surface area contributed by atoms with E-state index in [4.69, 9.17) is 4.74 Å². The van der Waals surface area contributed by atoms with Gasteiger partial charge in [0, 0.05) is 13.2 Å². The van der Waals surface area contributed by atoms with Gasteiger partial charge in [0.15, 0.2) is 0 Å². The van der Waals surface area contributed by atoms with Crippen molar-refractivity contribution in [3.05, 3.63) is 29.5 Å². The number of carbonyl (C=O) groups is 1. The fourth-order valence-corrected chi connectivity index (χ4v) is 2.17. The predicted octanol–water partition coefficient (Wildman–Crippen LogP) is 2.45. The number of fused-ring (bicyclic) bond motifs is 1. The van der Waals surface area contributed by atoms with Crippen molar-refractivity contribution in [3.63, 3.8) is 0 Å². The topological polar surface area (TPSA) is 51.5 Å². The lowest BCUT2D eigenvalue weighted by Crippen LogP contribution is -1.97. The number of benzene rings is 1. The van der Waals surface area contributed by atoms with Crippen LogP contribution in [0, 0.1) is 0 Å². The monoisotopic (exact) mass is 233 g/mol. The molecule has 2 rings (SSSR count). The average molecular weight is 233 g/mol. The van der Waals surface area contributed by atoms with Crippen LogP contribution in [0.3, 0.4) is 0 Å². The summed E-state index contributed by atoms with van der Waals surface area (Å²) in [5, 5.41) is 9.89. The number of methoxy groups -OCH3 is 1. The minimum Gasteiger partial charge on any atom is -0.496 e. The van der Waals surface area contributed by atoms with Crippen LogP contribution in [-0.2, 0) is 13.5 Å². The van der Waals surface area contributed by atoms with Gasteiger partial charge in [-0.15, -0.1) is 0 Å². The van der Waals surface area contributed by atoms with Gasteiger partial charge < -0.3 is 14.4 Å². The number of nitrogens with zero attached hydrogens (tertiary/aromatic N) is 1. The van der Waals surface area contributed by atoms with Crippen molar-refractivity contribution in [3.8, 4) is 5.75 Å². The molecule has 0 aliphatic carbocycles. The summed E-state index contributed by atoms with van der Waals surface area (Å²) in [5.74, 6) is -0.259. The summed E-state index contributed by atoms with van der Waals surface area (Å²) in [7, 11) is 3.41. The van der Waals surface area contributed by atoms with Gasteiger partial charge in [0.1, 0.15) is 5.75 Å². The van der Waals surface area contributed by atoms with Crippen LogP contribution in [0.15, 0.2) is 18.3 Å². The molecule has 4 heteroatoms. The van der Waals surface area contributed by atoms with Gasteiger partial charge in [-0.2, -0.15) is 0 Å². The standard InChI is InChI=1S/C13H15NO3/c1-4-8-5-6-10-11(12(8)17-3)9(13(15)16)7-14(10)2/h5-7H,4H2,1-3H3,(H,15,16). The first-order valence-corrected chi connectivity index (χ1v) is 5.48.